The Balaban J connectivity index is 1.47. The molecule has 1 aliphatic rings. The quantitative estimate of drug-likeness (QED) is 0.597. The molecular formula is C22H23ClFN5O2S. The van der Waals surface area contributed by atoms with E-state index in [0.29, 0.717) is 24.7 Å². The first-order chi connectivity index (χ1) is 15.2. The minimum Gasteiger partial charge on any atom is -0.354 e. The van der Waals surface area contributed by atoms with E-state index < -0.39 is 15.8 Å². The fourth-order valence-electron chi connectivity index (χ4n) is 3.51. The van der Waals surface area contributed by atoms with Gasteiger partial charge in [0.1, 0.15) is 23.3 Å². The molecule has 0 spiro atoms. The van der Waals surface area contributed by atoms with Gasteiger partial charge in [0, 0.05) is 37.9 Å². The highest BCUT2D eigenvalue weighted by Gasteiger charge is 2.29. The Morgan fingerprint density at radius 3 is 2.31 bits per heavy atom. The Hall–Kier alpha value is -2.75. The summed E-state index contributed by atoms with van der Waals surface area (Å²) in [6.07, 6.45) is 0. The summed E-state index contributed by atoms with van der Waals surface area (Å²) >= 11 is 5.77. The molecule has 0 amide bonds. The van der Waals surface area contributed by atoms with Crippen molar-refractivity contribution in [3.8, 4) is 0 Å². The van der Waals surface area contributed by atoms with E-state index in [0.717, 1.165) is 23.6 Å². The van der Waals surface area contributed by atoms with Crippen molar-refractivity contribution in [2.24, 2.45) is 0 Å². The van der Waals surface area contributed by atoms with Gasteiger partial charge in [-0.1, -0.05) is 29.3 Å². The molecule has 1 N–H and O–H groups in total. The number of piperazine rings is 1. The highest BCUT2D eigenvalue weighted by molar-refractivity contribution is 7.89. The molecule has 32 heavy (non-hydrogen) atoms. The predicted molar refractivity (Wildman–Crippen MR) is 124 cm³/mol. The zero-order valence-electron chi connectivity index (χ0n) is 17.7. The predicted octanol–water partition coefficient (Wildman–Crippen LogP) is 4.14. The van der Waals surface area contributed by atoms with Crippen LogP contribution >= 0.6 is 11.6 Å². The van der Waals surface area contributed by atoms with E-state index in [-0.39, 0.29) is 23.0 Å². The number of benzene rings is 2. The van der Waals surface area contributed by atoms with Crippen molar-refractivity contribution in [2.75, 3.05) is 36.4 Å². The number of sulfonamides is 1. The summed E-state index contributed by atoms with van der Waals surface area (Å²) < 4.78 is 40.6. The first-order valence-electron chi connectivity index (χ1n) is 10.1. The number of nitrogens with zero attached hydrogens (tertiary/aromatic N) is 4. The van der Waals surface area contributed by atoms with Crippen LogP contribution in [0.4, 0.5) is 21.7 Å². The van der Waals surface area contributed by atoms with E-state index in [1.165, 1.54) is 15.9 Å². The van der Waals surface area contributed by atoms with Crippen LogP contribution in [0.25, 0.3) is 0 Å². The Labute approximate surface area is 191 Å². The second-order valence-electron chi connectivity index (χ2n) is 7.62. The minimum absolute atomic E-state index is 0.0141. The molecule has 3 aromatic rings. The van der Waals surface area contributed by atoms with Crippen LogP contribution < -0.4 is 10.2 Å². The standard InChI is InChI=1S/C22H23ClFN5O2S/c1-15-3-5-17(6-4-15)27-21-14-22(26-16(2)25-21)28-9-11-29(12-10-28)32(30,31)18-7-8-20(24)19(23)13-18/h3-8,13-14H,9-12H2,1-2H3,(H,25,26,27). The van der Waals surface area contributed by atoms with Crippen molar-refractivity contribution >= 4 is 38.9 Å². The van der Waals surface area contributed by atoms with Crippen LogP contribution in [0, 0.1) is 19.7 Å². The van der Waals surface area contributed by atoms with Gasteiger partial charge in [-0.3, -0.25) is 0 Å². The van der Waals surface area contributed by atoms with E-state index in [9.17, 15) is 12.8 Å². The highest BCUT2D eigenvalue weighted by Crippen LogP contribution is 2.25. The number of halogens is 2. The molecule has 0 radical (unpaired) electrons. The van der Waals surface area contributed by atoms with E-state index >= 15 is 0 Å². The molecule has 1 aromatic heterocycles. The van der Waals surface area contributed by atoms with E-state index in [4.69, 9.17) is 11.6 Å². The van der Waals surface area contributed by atoms with E-state index in [1.807, 2.05) is 49.1 Å². The largest absolute Gasteiger partial charge is 0.354 e. The lowest BCUT2D eigenvalue weighted by Crippen LogP contribution is -2.49. The van der Waals surface area contributed by atoms with Crippen molar-refractivity contribution in [3.63, 3.8) is 0 Å². The summed E-state index contributed by atoms with van der Waals surface area (Å²) in [6, 6.07) is 13.3. The van der Waals surface area contributed by atoms with Crippen LogP contribution in [0.5, 0.6) is 0 Å². The maximum absolute atomic E-state index is 13.4. The topological polar surface area (TPSA) is 78.4 Å². The molecule has 2 aromatic carbocycles. The van der Waals surface area contributed by atoms with Crippen LogP contribution in [-0.2, 0) is 10.0 Å². The zero-order chi connectivity index (χ0) is 22.9. The van der Waals surface area contributed by atoms with Gasteiger partial charge in [-0.25, -0.2) is 22.8 Å². The maximum Gasteiger partial charge on any atom is 0.243 e. The molecular weight excluding hydrogens is 453 g/mol. The minimum atomic E-state index is -3.76. The van der Waals surface area contributed by atoms with Crippen molar-refractivity contribution in [1.29, 1.82) is 0 Å². The fourth-order valence-corrected chi connectivity index (χ4v) is 5.20. The lowest BCUT2D eigenvalue weighted by atomic mass is 10.2. The Bertz CT molecular complexity index is 1230. The van der Waals surface area contributed by atoms with Gasteiger partial charge < -0.3 is 10.2 Å². The second kappa shape index (κ2) is 9.01. The van der Waals surface area contributed by atoms with Crippen molar-refractivity contribution in [2.45, 2.75) is 18.7 Å². The lowest BCUT2D eigenvalue weighted by Gasteiger charge is -2.34. The third-order valence-electron chi connectivity index (χ3n) is 5.24. The van der Waals surface area contributed by atoms with E-state index in [1.54, 1.807) is 0 Å². The molecule has 1 fully saturated rings. The first kappa shape index (κ1) is 22.4. The number of anilines is 3. The summed E-state index contributed by atoms with van der Waals surface area (Å²) in [5.74, 6) is 1.37. The van der Waals surface area contributed by atoms with Gasteiger partial charge in [0.05, 0.1) is 9.92 Å². The monoisotopic (exact) mass is 475 g/mol. The second-order valence-corrected chi connectivity index (χ2v) is 9.96. The van der Waals surface area contributed by atoms with Gasteiger partial charge in [0.15, 0.2) is 0 Å². The average molecular weight is 476 g/mol. The van der Waals surface area contributed by atoms with Crippen molar-refractivity contribution in [3.05, 3.63) is 70.8 Å². The van der Waals surface area contributed by atoms with Gasteiger partial charge in [-0.15, -0.1) is 0 Å². The molecule has 0 saturated carbocycles. The van der Waals surface area contributed by atoms with Gasteiger partial charge in [0.2, 0.25) is 10.0 Å². The van der Waals surface area contributed by atoms with Crippen LogP contribution in [0.3, 0.4) is 0 Å². The summed E-state index contributed by atoms with van der Waals surface area (Å²) in [5, 5.41) is 3.08. The molecule has 4 rings (SSSR count). The molecule has 0 aliphatic carbocycles. The van der Waals surface area contributed by atoms with Crippen LogP contribution in [0.1, 0.15) is 11.4 Å². The van der Waals surface area contributed by atoms with Crippen molar-refractivity contribution < 1.29 is 12.8 Å². The highest BCUT2D eigenvalue weighted by atomic mass is 35.5. The van der Waals surface area contributed by atoms with Crippen molar-refractivity contribution in [1.82, 2.24) is 14.3 Å². The molecule has 1 aliphatic heterocycles. The average Bonchev–Trinajstić information content (AvgIpc) is 2.77. The fraction of sp³-hybridized carbons (Fsp3) is 0.273. The van der Waals surface area contributed by atoms with Crippen LogP contribution in [-0.4, -0.2) is 48.9 Å². The molecule has 10 heteroatoms. The smallest absolute Gasteiger partial charge is 0.243 e. The number of hydrogen-bond donors (Lipinski definition) is 1. The van der Waals surface area contributed by atoms with Gasteiger partial charge in [-0.2, -0.15) is 4.31 Å². The Kier molecular flexibility index (Phi) is 6.32. The van der Waals surface area contributed by atoms with Crippen LogP contribution in [0.2, 0.25) is 5.02 Å². The summed E-state index contributed by atoms with van der Waals surface area (Å²) in [4.78, 5) is 11.0. The number of rotatable bonds is 5. The summed E-state index contributed by atoms with van der Waals surface area (Å²) in [6.45, 7) is 5.34. The van der Waals surface area contributed by atoms with Gasteiger partial charge in [0.25, 0.3) is 0 Å². The molecule has 168 valence electrons. The zero-order valence-corrected chi connectivity index (χ0v) is 19.3. The maximum atomic E-state index is 13.4. The summed E-state index contributed by atoms with van der Waals surface area (Å²) in [5.41, 5.74) is 2.10. The molecule has 0 bridgehead atoms. The molecule has 1 saturated heterocycles. The van der Waals surface area contributed by atoms with Crippen LogP contribution in [0.15, 0.2) is 53.4 Å². The normalized spacial score (nSPS) is 15.1. The van der Waals surface area contributed by atoms with E-state index in [2.05, 4.69) is 15.3 Å². The number of aromatic nitrogens is 2. The molecule has 7 nitrogen and oxygen atoms in total. The number of hydrogen-bond acceptors (Lipinski definition) is 6. The first-order valence-corrected chi connectivity index (χ1v) is 11.9. The Morgan fingerprint density at radius 2 is 1.66 bits per heavy atom. The third kappa shape index (κ3) is 4.85. The van der Waals surface area contributed by atoms with Gasteiger partial charge >= 0.3 is 0 Å². The third-order valence-corrected chi connectivity index (χ3v) is 7.42. The Morgan fingerprint density at radius 1 is 0.969 bits per heavy atom. The lowest BCUT2D eigenvalue weighted by molar-refractivity contribution is 0.383. The van der Waals surface area contributed by atoms with Gasteiger partial charge in [-0.05, 0) is 44.2 Å². The molecule has 0 unspecified atom stereocenters. The molecule has 0 atom stereocenters. The number of aryl methyl sites for hydroxylation is 2. The summed E-state index contributed by atoms with van der Waals surface area (Å²) in [7, 11) is -3.76. The SMILES string of the molecule is Cc1ccc(Nc2cc(N3CCN(S(=O)(=O)c4ccc(F)c(Cl)c4)CC3)nc(C)n2)cc1. The molecule has 2 heterocycles. The number of nitrogens with one attached hydrogen (secondary N) is 1.